The number of alkyl halides is 3. The number of carbonyl (C=O) groups is 2. The van der Waals surface area contributed by atoms with Crippen LogP contribution in [0.3, 0.4) is 0 Å². The fourth-order valence-corrected chi connectivity index (χ4v) is 1.35. The van der Waals surface area contributed by atoms with Crippen molar-refractivity contribution in [1.29, 1.82) is 0 Å². The van der Waals surface area contributed by atoms with Crippen molar-refractivity contribution in [2.75, 3.05) is 0 Å². The summed E-state index contributed by atoms with van der Waals surface area (Å²) >= 11 is 0. The number of phenolic OH excluding ortho intramolecular Hbond substituents is 1. The van der Waals surface area contributed by atoms with Gasteiger partial charge < -0.3 is 15.5 Å². The van der Waals surface area contributed by atoms with Crippen LogP contribution >= 0.6 is 0 Å². The van der Waals surface area contributed by atoms with Gasteiger partial charge in [-0.3, -0.25) is 4.79 Å². The zero-order valence-electron chi connectivity index (χ0n) is 9.74. The van der Waals surface area contributed by atoms with Crippen LogP contribution in [-0.4, -0.2) is 34.3 Å². The van der Waals surface area contributed by atoms with E-state index < -0.39 is 42.1 Å². The van der Waals surface area contributed by atoms with Gasteiger partial charge in [0.15, 0.2) is 11.6 Å². The van der Waals surface area contributed by atoms with Crippen LogP contribution in [0, 0.1) is 5.82 Å². The molecule has 0 spiro atoms. The number of amides is 1. The second kappa shape index (κ2) is 5.76. The minimum absolute atomic E-state index is 0.00942. The van der Waals surface area contributed by atoms with Crippen molar-refractivity contribution >= 4 is 11.9 Å². The number of rotatable bonds is 4. The van der Waals surface area contributed by atoms with E-state index in [-0.39, 0.29) is 5.56 Å². The minimum Gasteiger partial charge on any atom is -0.505 e. The van der Waals surface area contributed by atoms with Crippen LogP contribution < -0.4 is 5.32 Å². The molecule has 0 saturated carbocycles. The molecule has 5 nitrogen and oxygen atoms in total. The number of halogens is 4. The van der Waals surface area contributed by atoms with Gasteiger partial charge in [-0.05, 0) is 17.7 Å². The first-order valence-corrected chi connectivity index (χ1v) is 5.19. The van der Waals surface area contributed by atoms with Gasteiger partial charge in [-0.25, -0.2) is 9.18 Å². The number of carbonyl (C=O) groups excluding carboxylic acids is 1. The number of aliphatic carboxylic acids is 1. The molecule has 1 rings (SSSR count). The topological polar surface area (TPSA) is 86.6 Å². The maximum atomic E-state index is 13.0. The van der Waals surface area contributed by atoms with Crippen LogP contribution in [-0.2, 0) is 16.0 Å². The van der Waals surface area contributed by atoms with Crippen molar-refractivity contribution in [2.24, 2.45) is 0 Å². The third kappa shape index (κ3) is 4.11. The van der Waals surface area contributed by atoms with E-state index in [2.05, 4.69) is 0 Å². The molecular weight excluding hydrogens is 286 g/mol. The average molecular weight is 295 g/mol. The molecule has 1 aromatic rings. The molecule has 3 N–H and O–H groups in total. The normalized spacial score (nSPS) is 12.8. The molecule has 0 saturated heterocycles. The van der Waals surface area contributed by atoms with Crippen LogP contribution in [0.1, 0.15) is 5.56 Å². The highest BCUT2D eigenvalue weighted by Gasteiger charge is 2.40. The summed E-state index contributed by atoms with van der Waals surface area (Å²) in [6.45, 7) is 0. The Balaban J connectivity index is 2.85. The molecule has 0 aliphatic rings. The van der Waals surface area contributed by atoms with E-state index in [9.17, 15) is 27.2 Å². The van der Waals surface area contributed by atoms with Gasteiger partial charge in [0.1, 0.15) is 6.04 Å². The van der Waals surface area contributed by atoms with Gasteiger partial charge in [0.2, 0.25) is 0 Å². The molecule has 0 aromatic heterocycles. The molecule has 1 amide bonds. The number of benzene rings is 1. The Morgan fingerprint density at radius 3 is 2.35 bits per heavy atom. The summed E-state index contributed by atoms with van der Waals surface area (Å²) < 4.78 is 49.1. The highest BCUT2D eigenvalue weighted by Crippen LogP contribution is 2.18. The largest absolute Gasteiger partial charge is 0.505 e. The number of aromatic hydroxyl groups is 1. The highest BCUT2D eigenvalue weighted by molar-refractivity contribution is 5.87. The molecular formula is C11H9F4NO4. The maximum Gasteiger partial charge on any atom is 0.471 e. The summed E-state index contributed by atoms with van der Waals surface area (Å²) in [5.41, 5.74) is 0.00942. The summed E-state index contributed by atoms with van der Waals surface area (Å²) in [6.07, 6.45) is -5.78. The van der Waals surface area contributed by atoms with E-state index in [1.807, 2.05) is 0 Å². The SMILES string of the molecule is O=C(O)C(Cc1ccc(O)c(F)c1)NC(=O)C(F)(F)F. The number of carboxylic acid groups (broad SMARTS) is 1. The van der Waals surface area contributed by atoms with Crippen molar-refractivity contribution in [3.05, 3.63) is 29.6 Å². The van der Waals surface area contributed by atoms with E-state index in [4.69, 9.17) is 10.2 Å². The Labute approximate surface area is 109 Å². The first-order valence-electron chi connectivity index (χ1n) is 5.19. The van der Waals surface area contributed by atoms with E-state index in [1.54, 1.807) is 0 Å². The summed E-state index contributed by atoms with van der Waals surface area (Å²) in [6, 6.07) is 0.960. The van der Waals surface area contributed by atoms with E-state index in [0.717, 1.165) is 18.2 Å². The van der Waals surface area contributed by atoms with Crippen LogP contribution in [0.5, 0.6) is 5.75 Å². The predicted molar refractivity (Wildman–Crippen MR) is 57.4 cm³/mol. The second-order valence-electron chi connectivity index (χ2n) is 3.85. The van der Waals surface area contributed by atoms with Gasteiger partial charge in [-0.15, -0.1) is 0 Å². The Bertz CT molecular complexity index is 530. The van der Waals surface area contributed by atoms with Gasteiger partial charge in [0.05, 0.1) is 0 Å². The molecule has 0 bridgehead atoms. The molecule has 1 aromatic carbocycles. The minimum atomic E-state index is -5.21. The second-order valence-corrected chi connectivity index (χ2v) is 3.85. The fourth-order valence-electron chi connectivity index (χ4n) is 1.35. The van der Waals surface area contributed by atoms with Crippen LogP contribution in [0.4, 0.5) is 17.6 Å². The third-order valence-electron chi connectivity index (χ3n) is 2.31. The molecule has 0 radical (unpaired) electrons. The molecule has 110 valence electrons. The first-order chi connectivity index (χ1) is 9.11. The predicted octanol–water partition coefficient (Wildman–Crippen LogP) is 1.21. The Hall–Kier alpha value is -2.32. The fraction of sp³-hybridized carbons (Fsp3) is 0.273. The zero-order chi connectivity index (χ0) is 15.5. The summed E-state index contributed by atoms with van der Waals surface area (Å²) in [4.78, 5) is 21.5. The lowest BCUT2D eigenvalue weighted by Gasteiger charge is -2.15. The smallest absolute Gasteiger partial charge is 0.471 e. The zero-order valence-corrected chi connectivity index (χ0v) is 9.74. The number of carboxylic acids is 1. The molecule has 0 aliphatic carbocycles. The molecule has 9 heteroatoms. The Morgan fingerprint density at radius 1 is 1.30 bits per heavy atom. The van der Waals surface area contributed by atoms with Crippen molar-refractivity contribution in [1.82, 2.24) is 5.32 Å². The van der Waals surface area contributed by atoms with Crippen LogP contribution in [0.15, 0.2) is 18.2 Å². The van der Waals surface area contributed by atoms with Crippen molar-refractivity contribution in [2.45, 2.75) is 18.6 Å². The number of hydrogen-bond donors (Lipinski definition) is 3. The van der Waals surface area contributed by atoms with Crippen molar-refractivity contribution < 1.29 is 37.4 Å². The lowest BCUT2D eigenvalue weighted by molar-refractivity contribution is -0.175. The Kier molecular flexibility index (Phi) is 4.53. The van der Waals surface area contributed by atoms with Crippen LogP contribution in [0.25, 0.3) is 0 Å². The first kappa shape index (κ1) is 15.7. The number of hydrogen-bond acceptors (Lipinski definition) is 3. The number of nitrogens with one attached hydrogen (secondary N) is 1. The van der Waals surface area contributed by atoms with E-state index >= 15 is 0 Å². The van der Waals surface area contributed by atoms with Gasteiger partial charge in [0, 0.05) is 6.42 Å². The lowest BCUT2D eigenvalue weighted by atomic mass is 10.1. The average Bonchev–Trinajstić information content (AvgIpc) is 2.31. The molecule has 0 fully saturated rings. The van der Waals surface area contributed by atoms with Crippen molar-refractivity contribution in [3.63, 3.8) is 0 Å². The standard InChI is InChI=1S/C11H9F4NO4/c12-6-3-5(1-2-8(6)17)4-7(9(18)19)16-10(20)11(13,14)15/h1-3,7,17H,4H2,(H,16,20)(H,18,19). The molecule has 1 atom stereocenters. The monoisotopic (exact) mass is 295 g/mol. The highest BCUT2D eigenvalue weighted by atomic mass is 19.4. The summed E-state index contributed by atoms with van der Waals surface area (Å²) in [5.74, 6) is -5.83. The van der Waals surface area contributed by atoms with Gasteiger partial charge in [-0.2, -0.15) is 13.2 Å². The van der Waals surface area contributed by atoms with Gasteiger partial charge >= 0.3 is 18.1 Å². The van der Waals surface area contributed by atoms with Crippen molar-refractivity contribution in [3.8, 4) is 5.75 Å². The summed E-state index contributed by atoms with van der Waals surface area (Å²) in [7, 11) is 0. The third-order valence-corrected chi connectivity index (χ3v) is 2.31. The molecule has 0 heterocycles. The van der Waals surface area contributed by atoms with E-state index in [0.29, 0.717) is 0 Å². The van der Waals surface area contributed by atoms with Gasteiger partial charge in [0.25, 0.3) is 0 Å². The molecule has 1 unspecified atom stereocenters. The molecule has 20 heavy (non-hydrogen) atoms. The Morgan fingerprint density at radius 2 is 1.90 bits per heavy atom. The quantitative estimate of drug-likeness (QED) is 0.729. The molecule has 0 aliphatic heterocycles. The van der Waals surface area contributed by atoms with Crippen LogP contribution in [0.2, 0.25) is 0 Å². The lowest BCUT2D eigenvalue weighted by Crippen LogP contribution is -2.47. The van der Waals surface area contributed by atoms with E-state index in [1.165, 1.54) is 5.32 Å². The van der Waals surface area contributed by atoms with Gasteiger partial charge in [-0.1, -0.05) is 6.07 Å². The summed E-state index contributed by atoms with van der Waals surface area (Å²) in [5, 5.41) is 19.0. The number of phenols is 1. The maximum absolute atomic E-state index is 13.0.